The molecule has 0 saturated carbocycles. The molecule has 1 unspecified atom stereocenters. The zero-order chi connectivity index (χ0) is 10.7. The fourth-order valence-corrected chi connectivity index (χ4v) is 1.44. The number of nitrogens with one attached hydrogen (secondary N) is 1. The molecule has 1 N–H and O–H groups in total. The van der Waals surface area contributed by atoms with Gasteiger partial charge in [-0.1, -0.05) is 0 Å². The SMILES string of the molecule is CNC(c1ccoc1)c1ncc(C)cn1. The molecule has 0 radical (unpaired) electrons. The van der Waals surface area contributed by atoms with Crippen LogP contribution in [0.15, 0.2) is 35.4 Å². The van der Waals surface area contributed by atoms with Gasteiger partial charge in [-0.05, 0) is 25.6 Å². The van der Waals surface area contributed by atoms with Gasteiger partial charge in [0.1, 0.15) is 5.82 Å². The van der Waals surface area contributed by atoms with Crippen molar-refractivity contribution in [2.75, 3.05) is 7.05 Å². The van der Waals surface area contributed by atoms with E-state index >= 15 is 0 Å². The molecule has 15 heavy (non-hydrogen) atoms. The third kappa shape index (κ3) is 2.05. The number of aromatic nitrogens is 2. The highest BCUT2D eigenvalue weighted by molar-refractivity contribution is 5.20. The number of nitrogens with zero attached hydrogens (tertiary/aromatic N) is 2. The largest absolute Gasteiger partial charge is 0.472 e. The molecule has 0 aliphatic rings. The summed E-state index contributed by atoms with van der Waals surface area (Å²) in [4.78, 5) is 8.58. The molecule has 2 aromatic heterocycles. The quantitative estimate of drug-likeness (QED) is 0.824. The van der Waals surface area contributed by atoms with Crippen molar-refractivity contribution in [3.05, 3.63) is 47.9 Å². The first-order chi connectivity index (χ1) is 7.31. The lowest BCUT2D eigenvalue weighted by molar-refractivity contribution is 0.554. The summed E-state index contributed by atoms with van der Waals surface area (Å²) >= 11 is 0. The molecule has 2 rings (SSSR count). The smallest absolute Gasteiger partial charge is 0.149 e. The number of rotatable bonds is 3. The van der Waals surface area contributed by atoms with Gasteiger partial charge in [-0.2, -0.15) is 0 Å². The summed E-state index contributed by atoms with van der Waals surface area (Å²) in [5.74, 6) is 0.754. The molecule has 0 aromatic carbocycles. The Hall–Kier alpha value is -1.68. The van der Waals surface area contributed by atoms with Crippen molar-refractivity contribution < 1.29 is 4.42 Å². The summed E-state index contributed by atoms with van der Waals surface area (Å²) in [5.41, 5.74) is 2.09. The number of hydrogen-bond donors (Lipinski definition) is 1. The highest BCUT2D eigenvalue weighted by Gasteiger charge is 2.15. The molecule has 2 heterocycles. The van der Waals surface area contributed by atoms with Crippen molar-refractivity contribution in [1.29, 1.82) is 0 Å². The maximum absolute atomic E-state index is 5.05. The van der Waals surface area contributed by atoms with Crippen LogP contribution >= 0.6 is 0 Å². The molecule has 0 aliphatic carbocycles. The normalized spacial score (nSPS) is 12.7. The van der Waals surface area contributed by atoms with Crippen LogP contribution in [0.25, 0.3) is 0 Å². The summed E-state index contributed by atoms with van der Waals surface area (Å²) in [6, 6.07) is 1.90. The van der Waals surface area contributed by atoms with Gasteiger partial charge in [0.15, 0.2) is 0 Å². The van der Waals surface area contributed by atoms with E-state index in [9.17, 15) is 0 Å². The predicted molar refractivity (Wildman–Crippen MR) is 56.4 cm³/mol. The highest BCUT2D eigenvalue weighted by atomic mass is 16.3. The standard InChI is InChI=1S/C11H13N3O/c1-8-5-13-11(14-6-8)10(12-2)9-3-4-15-7-9/h3-7,10,12H,1-2H3. The lowest BCUT2D eigenvalue weighted by Gasteiger charge is -2.12. The van der Waals surface area contributed by atoms with Crippen LogP contribution < -0.4 is 5.32 Å². The Morgan fingerprint density at radius 1 is 1.33 bits per heavy atom. The van der Waals surface area contributed by atoms with E-state index in [0.717, 1.165) is 17.0 Å². The van der Waals surface area contributed by atoms with Gasteiger partial charge in [0, 0.05) is 18.0 Å². The van der Waals surface area contributed by atoms with E-state index in [1.54, 1.807) is 12.5 Å². The fourth-order valence-electron chi connectivity index (χ4n) is 1.44. The van der Waals surface area contributed by atoms with Crippen LogP contribution in [-0.4, -0.2) is 17.0 Å². The first-order valence-corrected chi connectivity index (χ1v) is 4.79. The third-order valence-electron chi connectivity index (χ3n) is 2.22. The lowest BCUT2D eigenvalue weighted by Crippen LogP contribution is -2.19. The van der Waals surface area contributed by atoms with Crippen molar-refractivity contribution in [1.82, 2.24) is 15.3 Å². The van der Waals surface area contributed by atoms with Crippen LogP contribution in [-0.2, 0) is 0 Å². The molecule has 4 heteroatoms. The number of aryl methyl sites for hydroxylation is 1. The lowest BCUT2D eigenvalue weighted by atomic mass is 10.1. The van der Waals surface area contributed by atoms with E-state index < -0.39 is 0 Å². The predicted octanol–water partition coefficient (Wildman–Crippen LogP) is 1.69. The zero-order valence-corrected chi connectivity index (χ0v) is 8.77. The van der Waals surface area contributed by atoms with Gasteiger partial charge in [-0.25, -0.2) is 9.97 Å². The Bertz CT molecular complexity index is 408. The Morgan fingerprint density at radius 2 is 2.07 bits per heavy atom. The number of furan rings is 1. The van der Waals surface area contributed by atoms with Crippen molar-refractivity contribution in [3.8, 4) is 0 Å². The van der Waals surface area contributed by atoms with E-state index in [1.807, 2.05) is 32.4 Å². The monoisotopic (exact) mass is 203 g/mol. The third-order valence-corrected chi connectivity index (χ3v) is 2.22. The average Bonchev–Trinajstić information content (AvgIpc) is 2.75. The van der Waals surface area contributed by atoms with E-state index in [4.69, 9.17) is 4.42 Å². The Labute approximate surface area is 88.4 Å². The van der Waals surface area contributed by atoms with Crippen LogP contribution in [0, 0.1) is 6.92 Å². The van der Waals surface area contributed by atoms with Gasteiger partial charge in [0.25, 0.3) is 0 Å². The molecule has 4 nitrogen and oxygen atoms in total. The van der Waals surface area contributed by atoms with Gasteiger partial charge in [0.05, 0.1) is 18.6 Å². The Morgan fingerprint density at radius 3 is 2.60 bits per heavy atom. The first kappa shape index (κ1) is 9.86. The van der Waals surface area contributed by atoms with Gasteiger partial charge in [-0.15, -0.1) is 0 Å². The second-order valence-corrected chi connectivity index (χ2v) is 3.40. The van der Waals surface area contributed by atoms with Gasteiger partial charge in [0.2, 0.25) is 0 Å². The molecule has 0 bridgehead atoms. The van der Waals surface area contributed by atoms with Crippen LogP contribution in [0.2, 0.25) is 0 Å². The summed E-state index contributed by atoms with van der Waals surface area (Å²) in [6.07, 6.45) is 6.97. The van der Waals surface area contributed by atoms with Crippen LogP contribution in [0.4, 0.5) is 0 Å². The van der Waals surface area contributed by atoms with E-state index in [1.165, 1.54) is 0 Å². The zero-order valence-electron chi connectivity index (χ0n) is 8.77. The summed E-state index contributed by atoms with van der Waals surface area (Å²) in [6.45, 7) is 1.97. The topological polar surface area (TPSA) is 51.0 Å². The second kappa shape index (κ2) is 4.23. The summed E-state index contributed by atoms with van der Waals surface area (Å²) in [5, 5.41) is 3.16. The Kier molecular flexibility index (Phi) is 2.78. The maximum Gasteiger partial charge on any atom is 0.149 e. The first-order valence-electron chi connectivity index (χ1n) is 4.79. The minimum absolute atomic E-state index is 0.00986. The molecule has 0 amide bonds. The summed E-state index contributed by atoms with van der Waals surface area (Å²) < 4.78 is 5.05. The minimum Gasteiger partial charge on any atom is -0.472 e. The molecule has 0 fully saturated rings. The van der Waals surface area contributed by atoms with Crippen LogP contribution in [0.1, 0.15) is 23.0 Å². The maximum atomic E-state index is 5.05. The van der Waals surface area contributed by atoms with Gasteiger partial charge >= 0.3 is 0 Å². The molecule has 2 aromatic rings. The highest BCUT2D eigenvalue weighted by Crippen LogP contribution is 2.18. The Balaban J connectivity index is 2.31. The molecular formula is C11H13N3O. The molecule has 0 spiro atoms. The van der Waals surface area contributed by atoms with E-state index in [2.05, 4.69) is 15.3 Å². The van der Waals surface area contributed by atoms with E-state index in [-0.39, 0.29) is 6.04 Å². The van der Waals surface area contributed by atoms with Crippen LogP contribution in [0.5, 0.6) is 0 Å². The fraction of sp³-hybridized carbons (Fsp3) is 0.273. The van der Waals surface area contributed by atoms with Crippen molar-refractivity contribution in [2.24, 2.45) is 0 Å². The molecule has 0 aliphatic heterocycles. The molecular weight excluding hydrogens is 190 g/mol. The molecule has 78 valence electrons. The average molecular weight is 203 g/mol. The minimum atomic E-state index is -0.00986. The summed E-state index contributed by atoms with van der Waals surface area (Å²) in [7, 11) is 1.88. The van der Waals surface area contributed by atoms with Crippen molar-refractivity contribution >= 4 is 0 Å². The van der Waals surface area contributed by atoms with Crippen molar-refractivity contribution in [3.63, 3.8) is 0 Å². The van der Waals surface area contributed by atoms with Gasteiger partial charge < -0.3 is 9.73 Å². The number of hydrogen-bond acceptors (Lipinski definition) is 4. The van der Waals surface area contributed by atoms with Crippen molar-refractivity contribution in [2.45, 2.75) is 13.0 Å². The van der Waals surface area contributed by atoms with Gasteiger partial charge in [-0.3, -0.25) is 0 Å². The van der Waals surface area contributed by atoms with Crippen LogP contribution in [0.3, 0.4) is 0 Å². The molecule has 1 atom stereocenters. The second-order valence-electron chi connectivity index (χ2n) is 3.40. The van der Waals surface area contributed by atoms with E-state index in [0.29, 0.717) is 0 Å². The molecule has 0 saturated heterocycles.